The Balaban J connectivity index is 1.98. The molecule has 1 aromatic rings. The number of amides is 1. The lowest BCUT2D eigenvalue weighted by Crippen LogP contribution is -2.51. The van der Waals surface area contributed by atoms with Gasteiger partial charge < -0.3 is 28.6 Å². The van der Waals surface area contributed by atoms with Gasteiger partial charge in [0.2, 0.25) is 11.7 Å². The Labute approximate surface area is 252 Å². The number of rotatable bonds is 15. The number of esters is 1. The van der Waals surface area contributed by atoms with Crippen LogP contribution in [0.3, 0.4) is 0 Å². The van der Waals surface area contributed by atoms with E-state index in [-0.39, 0.29) is 35.9 Å². The minimum Gasteiger partial charge on any atom is -0.493 e. The summed E-state index contributed by atoms with van der Waals surface area (Å²) in [6.45, 7) is 14.5. The summed E-state index contributed by atoms with van der Waals surface area (Å²) in [6.07, 6.45) is 10.5. The summed E-state index contributed by atoms with van der Waals surface area (Å²) in [4.78, 5) is 29.8. The van der Waals surface area contributed by atoms with Crippen molar-refractivity contribution in [2.45, 2.75) is 96.3 Å². The van der Waals surface area contributed by atoms with Crippen molar-refractivity contribution in [1.82, 2.24) is 4.90 Å². The largest absolute Gasteiger partial charge is 0.493 e. The van der Waals surface area contributed by atoms with E-state index in [4.69, 9.17) is 23.7 Å². The van der Waals surface area contributed by atoms with Gasteiger partial charge in [-0.05, 0) is 69.6 Å². The summed E-state index contributed by atoms with van der Waals surface area (Å²) < 4.78 is 29.1. The molecule has 3 rings (SSSR count). The van der Waals surface area contributed by atoms with Crippen LogP contribution in [0.2, 0.25) is 0 Å². The zero-order valence-electron chi connectivity index (χ0n) is 26.3. The second-order valence-electron chi connectivity index (χ2n) is 11.7. The van der Waals surface area contributed by atoms with Crippen LogP contribution in [0.15, 0.2) is 37.4 Å². The number of nitrogens with zero attached hydrogens (tertiary/aromatic N) is 1. The molecular weight excluding hydrogens is 534 g/mol. The van der Waals surface area contributed by atoms with Gasteiger partial charge in [0.15, 0.2) is 11.5 Å². The molecule has 0 N–H and O–H groups in total. The number of likely N-dealkylation sites (tertiary alicyclic amines) is 1. The lowest BCUT2D eigenvalue weighted by Gasteiger charge is -2.40. The molecule has 8 heteroatoms. The van der Waals surface area contributed by atoms with Gasteiger partial charge in [-0.2, -0.15) is 0 Å². The molecule has 42 heavy (non-hydrogen) atoms. The van der Waals surface area contributed by atoms with Crippen molar-refractivity contribution in [2.75, 3.05) is 34.0 Å². The molecule has 1 aliphatic carbocycles. The molecule has 0 aromatic heterocycles. The number of methoxy groups -OCH3 is 2. The predicted molar refractivity (Wildman–Crippen MR) is 164 cm³/mol. The van der Waals surface area contributed by atoms with Crippen LogP contribution in [0.25, 0.3) is 0 Å². The lowest BCUT2D eigenvalue weighted by molar-refractivity contribution is -0.163. The number of carbonyl (C=O) groups is 2. The van der Waals surface area contributed by atoms with E-state index >= 15 is 0 Å². The van der Waals surface area contributed by atoms with Crippen LogP contribution in [-0.2, 0) is 19.1 Å². The minimum absolute atomic E-state index is 0.0201. The summed E-state index contributed by atoms with van der Waals surface area (Å²) in [7, 11) is 3.16. The van der Waals surface area contributed by atoms with Crippen LogP contribution >= 0.6 is 0 Å². The number of hydrogen-bond acceptors (Lipinski definition) is 7. The van der Waals surface area contributed by atoms with Crippen LogP contribution in [0.5, 0.6) is 17.2 Å². The summed E-state index contributed by atoms with van der Waals surface area (Å²) in [5, 5.41) is 0. The van der Waals surface area contributed by atoms with Gasteiger partial charge in [-0.3, -0.25) is 4.79 Å². The van der Waals surface area contributed by atoms with Crippen molar-refractivity contribution in [3.05, 3.63) is 43.0 Å². The topological polar surface area (TPSA) is 83.5 Å². The van der Waals surface area contributed by atoms with Gasteiger partial charge in [0.25, 0.3) is 0 Å². The zero-order chi connectivity index (χ0) is 30.6. The quantitative estimate of drug-likeness (QED) is 0.172. The summed E-state index contributed by atoms with van der Waals surface area (Å²) in [5.41, 5.74) is 0.811. The minimum atomic E-state index is -0.601. The molecule has 0 unspecified atom stereocenters. The maximum Gasteiger partial charge on any atom is 0.329 e. The Hall–Kier alpha value is -3.00. The molecule has 1 saturated carbocycles. The number of hydrogen-bond donors (Lipinski definition) is 0. The molecule has 0 bridgehead atoms. The van der Waals surface area contributed by atoms with Crippen molar-refractivity contribution >= 4 is 11.9 Å². The van der Waals surface area contributed by atoms with Gasteiger partial charge in [-0.15, -0.1) is 13.2 Å². The third-order valence-corrected chi connectivity index (χ3v) is 8.66. The van der Waals surface area contributed by atoms with Crippen molar-refractivity contribution in [3.8, 4) is 17.2 Å². The van der Waals surface area contributed by atoms with Crippen LogP contribution in [0, 0.1) is 11.8 Å². The van der Waals surface area contributed by atoms with E-state index in [2.05, 4.69) is 13.2 Å². The Morgan fingerprint density at radius 2 is 1.67 bits per heavy atom. The third kappa shape index (κ3) is 8.52. The number of carbonyl (C=O) groups excluding carboxylic acids is 2. The highest BCUT2D eigenvalue weighted by Crippen LogP contribution is 2.45. The van der Waals surface area contributed by atoms with Gasteiger partial charge in [-0.1, -0.05) is 38.3 Å². The fraction of sp³-hybridized carbons (Fsp3) is 0.647. The average molecular weight is 586 g/mol. The van der Waals surface area contributed by atoms with Crippen molar-refractivity contribution < 1.29 is 33.3 Å². The molecule has 2 fully saturated rings. The maximum absolute atomic E-state index is 14.6. The van der Waals surface area contributed by atoms with Crippen molar-refractivity contribution in [3.63, 3.8) is 0 Å². The fourth-order valence-electron chi connectivity index (χ4n) is 5.99. The zero-order valence-corrected chi connectivity index (χ0v) is 26.3. The number of piperidine rings is 1. The fourth-order valence-corrected chi connectivity index (χ4v) is 5.99. The second-order valence-corrected chi connectivity index (χ2v) is 11.7. The molecular formula is C34H51NO7. The standard InChI is InChI=1S/C34H51NO7/c1-8-19-40-24(4)22-41-30-21-27(20-29(38-6)32(30)39-7)31(26-15-11-10-12-16-26)33(36)35-18-14-13-17-28(35)34(37)42-25(5)23(3)9-2/h8-9,20-21,23-26,28,31H,1-2,10-19,22H2,3-7H3/t23-,24-,25+,28-,31-/m0/s1. The normalized spacial score (nSPS) is 20.5. The molecule has 0 spiro atoms. The average Bonchev–Trinajstić information content (AvgIpc) is 3.02. The van der Waals surface area contributed by atoms with E-state index in [1.807, 2.05) is 32.9 Å². The van der Waals surface area contributed by atoms with Gasteiger partial charge >= 0.3 is 5.97 Å². The molecule has 1 amide bonds. The monoisotopic (exact) mass is 585 g/mol. The summed E-state index contributed by atoms with van der Waals surface area (Å²) in [5.74, 6) is 0.815. The molecule has 1 aliphatic heterocycles. The van der Waals surface area contributed by atoms with Gasteiger partial charge in [-0.25, -0.2) is 4.79 Å². The molecule has 2 aliphatic rings. The molecule has 5 atom stereocenters. The first-order chi connectivity index (χ1) is 20.2. The van der Waals surface area contributed by atoms with Crippen LogP contribution in [0.1, 0.15) is 83.6 Å². The van der Waals surface area contributed by atoms with Gasteiger partial charge in [0.05, 0.1) is 32.8 Å². The number of benzene rings is 1. The van der Waals surface area contributed by atoms with E-state index in [9.17, 15) is 9.59 Å². The highest BCUT2D eigenvalue weighted by atomic mass is 16.6. The first-order valence-corrected chi connectivity index (χ1v) is 15.5. The maximum atomic E-state index is 14.6. The first-order valence-electron chi connectivity index (χ1n) is 15.5. The van der Waals surface area contributed by atoms with Crippen molar-refractivity contribution in [2.24, 2.45) is 11.8 Å². The summed E-state index contributed by atoms with van der Waals surface area (Å²) in [6, 6.07) is 3.20. The Kier molecular flexibility index (Phi) is 13.2. The van der Waals surface area contributed by atoms with Crippen LogP contribution < -0.4 is 14.2 Å². The third-order valence-electron chi connectivity index (χ3n) is 8.66. The van der Waals surface area contributed by atoms with Crippen molar-refractivity contribution in [1.29, 1.82) is 0 Å². The van der Waals surface area contributed by atoms with E-state index in [1.165, 1.54) is 6.42 Å². The molecule has 0 radical (unpaired) electrons. The highest BCUT2D eigenvalue weighted by molar-refractivity contribution is 5.89. The smallest absolute Gasteiger partial charge is 0.329 e. The molecule has 1 heterocycles. The predicted octanol–water partition coefficient (Wildman–Crippen LogP) is 6.47. The molecule has 8 nitrogen and oxygen atoms in total. The van der Waals surface area contributed by atoms with Gasteiger partial charge in [0.1, 0.15) is 18.8 Å². The number of ether oxygens (including phenoxy) is 5. The summed E-state index contributed by atoms with van der Waals surface area (Å²) >= 11 is 0. The molecule has 1 aromatic carbocycles. The van der Waals surface area contributed by atoms with Gasteiger partial charge in [0, 0.05) is 12.5 Å². The van der Waals surface area contributed by atoms with E-state index in [0.717, 1.165) is 44.1 Å². The molecule has 1 saturated heterocycles. The Morgan fingerprint density at radius 3 is 2.31 bits per heavy atom. The first kappa shape index (κ1) is 33.5. The Bertz CT molecular complexity index is 1050. The SMILES string of the molecule is C=CCO[C@@H](C)COc1cc([C@@H](C(=O)N2CCCC[C@H]2C(=O)O[C@H](C)[C@@H](C)C=C)C2CCCCC2)cc(OC)c1OC. The van der Waals surface area contributed by atoms with Crippen LogP contribution in [-0.4, -0.2) is 69.0 Å². The highest BCUT2D eigenvalue weighted by Gasteiger charge is 2.41. The second kappa shape index (κ2) is 16.6. The van der Waals surface area contributed by atoms with E-state index < -0.39 is 12.0 Å². The Morgan fingerprint density at radius 1 is 0.976 bits per heavy atom. The lowest BCUT2D eigenvalue weighted by atomic mass is 9.75. The van der Waals surface area contributed by atoms with E-state index in [0.29, 0.717) is 43.4 Å². The molecule has 234 valence electrons. The van der Waals surface area contributed by atoms with Crippen LogP contribution in [0.4, 0.5) is 0 Å². The van der Waals surface area contributed by atoms with E-state index in [1.54, 1.807) is 31.3 Å².